The molecule has 2 aromatic carbocycles. The number of hydrogen-bond acceptors (Lipinski definition) is 5. The average Bonchev–Trinajstić information content (AvgIpc) is 3.26. The molecular formula is C33H40N6O5S. The van der Waals surface area contributed by atoms with Crippen molar-refractivity contribution in [2.75, 3.05) is 47.3 Å². The number of piperazine rings is 1. The van der Waals surface area contributed by atoms with E-state index >= 15 is 0 Å². The van der Waals surface area contributed by atoms with Crippen LogP contribution in [-0.2, 0) is 21.5 Å². The Morgan fingerprint density at radius 3 is 2.29 bits per heavy atom. The van der Waals surface area contributed by atoms with Crippen molar-refractivity contribution in [1.82, 2.24) is 28.7 Å². The van der Waals surface area contributed by atoms with Crippen LogP contribution >= 0.6 is 0 Å². The summed E-state index contributed by atoms with van der Waals surface area (Å²) in [6.45, 7) is 2.06. The second kappa shape index (κ2) is 12.3. The predicted octanol–water partition coefficient (Wildman–Crippen LogP) is 3.77. The van der Waals surface area contributed by atoms with Crippen LogP contribution in [0.3, 0.4) is 0 Å². The van der Waals surface area contributed by atoms with Crippen molar-refractivity contribution in [1.29, 1.82) is 0 Å². The van der Waals surface area contributed by atoms with Gasteiger partial charge in [-0.05, 0) is 48.1 Å². The Labute approximate surface area is 264 Å². The number of aromatic nitrogens is 1. The summed E-state index contributed by atoms with van der Waals surface area (Å²) in [5, 5.41) is 3.67. The molecule has 2 N–H and O–H groups in total. The molecule has 0 unspecified atom stereocenters. The molecule has 3 heterocycles. The summed E-state index contributed by atoms with van der Waals surface area (Å²) in [5.74, 6) is -0.467. The minimum Gasteiger partial charge on any atom is -0.341 e. The molecule has 238 valence electrons. The largest absolute Gasteiger partial charge is 0.341 e. The molecular weight excluding hydrogens is 592 g/mol. The van der Waals surface area contributed by atoms with Gasteiger partial charge in [0.15, 0.2) is 0 Å². The molecule has 0 bridgehead atoms. The number of hydrogen-bond donors (Lipinski definition) is 2. The molecule has 1 saturated heterocycles. The van der Waals surface area contributed by atoms with Gasteiger partial charge < -0.3 is 19.7 Å². The SMILES string of the molecule is CNC(=O)N1CCN(C(=O)C2=Cc3ccccc3-c3c(C4CCCCC4)c4ccc(C(=O)NS(=O)(=O)N(C)C)cc4n3C2)CC1. The van der Waals surface area contributed by atoms with Crippen molar-refractivity contribution in [2.24, 2.45) is 0 Å². The Bertz CT molecular complexity index is 1800. The molecule has 4 amide bonds. The summed E-state index contributed by atoms with van der Waals surface area (Å²) in [7, 11) is 0.351. The maximum Gasteiger partial charge on any atom is 0.317 e. The Kier molecular flexibility index (Phi) is 8.45. The van der Waals surface area contributed by atoms with Crippen LogP contribution in [0, 0.1) is 0 Å². The molecule has 2 aliphatic heterocycles. The molecule has 3 aliphatic rings. The van der Waals surface area contributed by atoms with E-state index in [0.717, 1.165) is 57.7 Å². The van der Waals surface area contributed by atoms with E-state index in [4.69, 9.17) is 0 Å². The van der Waals surface area contributed by atoms with Gasteiger partial charge in [0.25, 0.3) is 11.8 Å². The third-order valence-corrected chi connectivity index (χ3v) is 10.7. The molecule has 6 rings (SSSR count). The summed E-state index contributed by atoms with van der Waals surface area (Å²) in [5.41, 5.74) is 5.90. The van der Waals surface area contributed by atoms with E-state index in [1.54, 1.807) is 29.0 Å². The fourth-order valence-electron chi connectivity index (χ4n) is 6.89. The standard InChI is InChI=1S/C33H40N6O5S/c1-34-33(42)38-17-15-37(16-18-38)32(41)25-19-23-11-7-8-12-26(23)30-29(22-9-5-4-6-10-22)27-14-13-24(20-28(27)39(30)21-25)31(40)35-45(43,44)36(2)3/h7-8,11-14,19-20,22H,4-6,9-10,15-18,21H2,1-3H3,(H,34,42)(H,35,40). The minimum atomic E-state index is -3.98. The van der Waals surface area contributed by atoms with Crippen molar-refractivity contribution in [2.45, 2.75) is 44.6 Å². The molecule has 11 nitrogen and oxygen atoms in total. The van der Waals surface area contributed by atoms with Gasteiger partial charge in [-0.1, -0.05) is 49.6 Å². The lowest BCUT2D eigenvalue weighted by atomic mass is 9.81. The van der Waals surface area contributed by atoms with Gasteiger partial charge in [0, 0.05) is 74.9 Å². The van der Waals surface area contributed by atoms with Crippen LogP contribution in [0.25, 0.3) is 28.2 Å². The molecule has 12 heteroatoms. The topological polar surface area (TPSA) is 124 Å². The zero-order valence-electron chi connectivity index (χ0n) is 26.0. The molecule has 3 aromatic rings. The van der Waals surface area contributed by atoms with Crippen molar-refractivity contribution in [3.63, 3.8) is 0 Å². The smallest absolute Gasteiger partial charge is 0.317 e. The Balaban J connectivity index is 1.46. The van der Waals surface area contributed by atoms with Crippen LogP contribution in [0.15, 0.2) is 48.0 Å². The highest BCUT2D eigenvalue weighted by atomic mass is 32.2. The van der Waals surface area contributed by atoms with Crippen molar-refractivity contribution < 1.29 is 22.8 Å². The van der Waals surface area contributed by atoms with E-state index in [1.165, 1.54) is 26.1 Å². The van der Waals surface area contributed by atoms with Crippen molar-refractivity contribution in [3.8, 4) is 11.3 Å². The summed E-state index contributed by atoms with van der Waals surface area (Å²) < 4.78 is 30.2. The first-order chi connectivity index (χ1) is 21.6. The molecule has 1 aromatic heterocycles. The van der Waals surface area contributed by atoms with E-state index in [9.17, 15) is 22.8 Å². The third kappa shape index (κ3) is 5.84. The van der Waals surface area contributed by atoms with Crippen molar-refractivity contribution in [3.05, 3.63) is 64.7 Å². The van der Waals surface area contributed by atoms with Crippen LogP contribution in [0.4, 0.5) is 4.79 Å². The van der Waals surface area contributed by atoms with Crippen LogP contribution < -0.4 is 10.0 Å². The van der Waals surface area contributed by atoms with Crippen LogP contribution in [-0.4, -0.2) is 92.3 Å². The molecule has 0 radical (unpaired) electrons. The van der Waals surface area contributed by atoms with Crippen LogP contribution in [0.2, 0.25) is 0 Å². The van der Waals surface area contributed by atoms with Gasteiger partial charge in [0.05, 0.1) is 12.2 Å². The molecule has 2 fully saturated rings. The summed E-state index contributed by atoms with van der Waals surface area (Å²) >= 11 is 0. The quantitative estimate of drug-likeness (QED) is 0.443. The average molecular weight is 633 g/mol. The van der Waals surface area contributed by atoms with Gasteiger partial charge in [-0.3, -0.25) is 9.59 Å². The maximum atomic E-state index is 14.1. The van der Waals surface area contributed by atoms with E-state index in [1.807, 2.05) is 30.3 Å². The first kappa shape index (κ1) is 30.8. The second-order valence-corrected chi connectivity index (χ2v) is 14.1. The van der Waals surface area contributed by atoms with E-state index < -0.39 is 16.1 Å². The lowest BCUT2D eigenvalue weighted by Crippen LogP contribution is -2.53. The highest BCUT2D eigenvalue weighted by Crippen LogP contribution is 2.46. The number of urea groups is 1. The number of nitrogens with zero attached hydrogens (tertiary/aromatic N) is 4. The Morgan fingerprint density at radius 1 is 0.911 bits per heavy atom. The second-order valence-electron chi connectivity index (χ2n) is 12.2. The van der Waals surface area contributed by atoms with E-state index in [-0.39, 0.29) is 17.5 Å². The third-order valence-electron chi connectivity index (χ3n) is 9.30. The fourth-order valence-corrected chi connectivity index (χ4v) is 7.42. The van der Waals surface area contributed by atoms with Crippen molar-refractivity contribution >= 4 is 45.0 Å². The molecule has 0 spiro atoms. The van der Waals surface area contributed by atoms with Gasteiger partial charge in [-0.15, -0.1) is 0 Å². The van der Waals surface area contributed by atoms with Gasteiger partial charge in [0.1, 0.15) is 0 Å². The molecule has 0 atom stereocenters. The van der Waals surface area contributed by atoms with Gasteiger partial charge in [0.2, 0.25) is 0 Å². The number of carbonyl (C=O) groups excluding carboxylic acids is 3. The molecule has 45 heavy (non-hydrogen) atoms. The summed E-state index contributed by atoms with van der Waals surface area (Å²) in [4.78, 5) is 42.9. The first-order valence-corrected chi connectivity index (χ1v) is 17.0. The monoisotopic (exact) mass is 632 g/mol. The van der Waals surface area contributed by atoms with Gasteiger partial charge >= 0.3 is 16.2 Å². The highest BCUT2D eigenvalue weighted by Gasteiger charge is 2.32. The zero-order valence-corrected chi connectivity index (χ0v) is 26.8. The predicted molar refractivity (Wildman–Crippen MR) is 174 cm³/mol. The number of carbonyl (C=O) groups is 3. The maximum absolute atomic E-state index is 14.1. The summed E-state index contributed by atoms with van der Waals surface area (Å²) in [6, 6.07) is 13.3. The summed E-state index contributed by atoms with van der Waals surface area (Å²) in [6.07, 6.45) is 7.60. The highest BCUT2D eigenvalue weighted by molar-refractivity contribution is 7.87. The number of benzene rings is 2. The molecule has 1 aliphatic carbocycles. The lowest BCUT2D eigenvalue weighted by Gasteiger charge is -2.35. The number of nitrogens with one attached hydrogen (secondary N) is 2. The fraction of sp³-hybridized carbons (Fsp3) is 0.424. The Morgan fingerprint density at radius 2 is 1.60 bits per heavy atom. The van der Waals surface area contributed by atoms with Crippen LogP contribution in [0.1, 0.15) is 59.5 Å². The van der Waals surface area contributed by atoms with Crippen LogP contribution in [0.5, 0.6) is 0 Å². The zero-order chi connectivity index (χ0) is 31.9. The normalized spacial score (nSPS) is 17.4. The van der Waals surface area contributed by atoms with Gasteiger partial charge in [-0.25, -0.2) is 9.52 Å². The molecule has 1 saturated carbocycles. The number of amides is 4. The number of fused-ring (bicyclic) bond motifs is 5. The lowest BCUT2D eigenvalue weighted by molar-refractivity contribution is -0.128. The number of rotatable bonds is 5. The Hall–Kier alpha value is -4.16. The van der Waals surface area contributed by atoms with E-state index in [0.29, 0.717) is 44.2 Å². The van der Waals surface area contributed by atoms with E-state index in [2.05, 4.69) is 20.7 Å². The minimum absolute atomic E-state index is 0.0822. The van der Waals surface area contributed by atoms with Gasteiger partial charge in [-0.2, -0.15) is 12.7 Å². The first-order valence-electron chi connectivity index (χ1n) is 15.6.